The third kappa shape index (κ3) is 7.37. The van der Waals surface area contributed by atoms with Gasteiger partial charge in [0.1, 0.15) is 0 Å². The molecule has 2 aromatic rings. The summed E-state index contributed by atoms with van der Waals surface area (Å²) in [6, 6.07) is 13.6. The fourth-order valence-electron chi connectivity index (χ4n) is 5.12. The fraction of sp³-hybridized carbons (Fsp3) is 0.433. The first-order chi connectivity index (χ1) is 17.9. The first-order valence-electron chi connectivity index (χ1n) is 13.2. The number of hydrogen-bond acceptors (Lipinski definition) is 5. The van der Waals surface area contributed by atoms with Crippen LogP contribution in [0.4, 0.5) is 0 Å². The average molecular weight is 505 g/mol. The first kappa shape index (κ1) is 28.3. The van der Waals surface area contributed by atoms with Gasteiger partial charge in [-0.25, -0.2) is 0 Å². The van der Waals surface area contributed by atoms with E-state index in [1.54, 1.807) is 30.6 Å². The lowest BCUT2D eigenvalue weighted by Gasteiger charge is -2.41. The number of nitrogens with two attached hydrogens (primary N) is 1. The van der Waals surface area contributed by atoms with E-state index >= 15 is 0 Å². The Hall–Kier alpha value is -3.29. The van der Waals surface area contributed by atoms with Crippen LogP contribution in [0.15, 0.2) is 78.7 Å². The maximum absolute atomic E-state index is 13.5. The Morgan fingerprint density at radius 3 is 2.38 bits per heavy atom. The number of aromatic nitrogens is 1. The number of hydrogen-bond donors (Lipinski definition) is 3. The van der Waals surface area contributed by atoms with E-state index < -0.39 is 23.3 Å². The third-order valence-corrected chi connectivity index (χ3v) is 7.04. The molecule has 1 unspecified atom stereocenters. The molecule has 0 bridgehead atoms. The van der Waals surface area contributed by atoms with Gasteiger partial charge < -0.3 is 21.1 Å². The molecular weight excluding hydrogens is 464 g/mol. The van der Waals surface area contributed by atoms with Gasteiger partial charge in [0, 0.05) is 50.1 Å². The summed E-state index contributed by atoms with van der Waals surface area (Å²) in [5, 5.41) is 14.8. The molecule has 1 heterocycles. The van der Waals surface area contributed by atoms with Gasteiger partial charge in [-0.05, 0) is 48.9 Å². The van der Waals surface area contributed by atoms with Gasteiger partial charge in [-0.15, -0.1) is 0 Å². The zero-order chi connectivity index (χ0) is 26.7. The van der Waals surface area contributed by atoms with Crippen molar-refractivity contribution < 1.29 is 14.7 Å². The molecule has 1 aromatic heterocycles. The number of aliphatic hydroxyl groups is 1. The monoisotopic (exact) mass is 504 g/mol. The van der Waals surface area contributed by atoms with Crippen molar-refractivity contribution >= 4 is 11.8 Å². The van der Waals surface area contributed by atoms with E-state index in [0.29, 0.717) is 31.6 Å². The van der Waals surface area contributed by atoms with Gasteiger partial charge in [0.15, 0.2) is 0 Å². The molecule has 7 nitrogen and oxygen atoms in total. The molecule has 0 aliphatic heterocycles. The number of benzene rings is 1. The van der Waals surface area contributed by atoms with E-state index in [2.05, 4.69) is 10.3 Å². The lowest BCUT2D eigenvalue weighted by Crippen LogP contribution is -2.51. The van der Waals surface area contributed by atoms with E-state index in [4.69, 9.17) is 5.73 Å². The minimum Gasteiger partial charge on any atom is -0.391 e. The van der Waals surface area contributed by atoms with Gasteiger partial charge in [-0.1, -0.05) is 62.4 Å². The lowest BCUT2D eigenvalue weighted by atomic mass is 9.64. The van der Waals surface area contributed by atoms with Crippen molar-refractivity contribution in [2.24, 2.45) is 17.1 Å². The van der Waals surface area contributed by atoms with Crippen molar-refractivity contribution in [1.29, 1.82) is 0 Å². The zero-order valence-electron chi connectivity index (χ0n) is 22.0. The number of primary amides is 1. The zero-order valence-corrected chi connectivity index (χ0v) is 22.0. The summed E-state index contributed by atoms with van der Waals surface area (Å²) in [5.74, 6) is -1.13. The summed E-state index contributed by atoms with van der Waals surface area (Å²) < 4.78 is 0. The molecule has 3 rings (SSSR count). The van der Waals surface area contributed by atoms with E-state index in [1.165, 1.54) is 0 Å². The number of aliphatic hydroxyl groups excluding tert-OH is 1. The van der Waals surface area contributed by atoms with Crippen molar-refractivity contribution in [2.75, 3.05) is 19.6 Å². The lowest BCUT2D eigenvalue weighted by molar-refractivity contribution is -0.132. The highest BCUT2D eigenvalue weighted by atomic mass is 16.3. The summed E-state index contributed by atoms with van der Waals surface area (Å²) in [5.41, 5.74) is 7.49. The maximum atomic E-state index is 13.5. The maximum Gasteiger partial charge on any atom is 0.249 e. The number of nitrogens with zero attached hydrogens (tertiary/aromatic N) is 2. The molecule has 4 N–H and O–H groups in total. The van der Waals surface area contributed by atoms with E-state index in [0.717, 1.165) is 24.0 Å². The van der Waals surface area contributed by atoms with Crippen LogP contribution >= 0.6 is 0 Å². The van der Waals surface area contributed by atoms with Gasteiger partial charge in [0.2, 0.25) is 11.8 Å². The molecule has 0 radical (unpaired) electrons. The summed E-state index contributed by atoms with van der Waals surface area (Å²) in [4.78, 5) is 32.5. The minimum absolute atomic E-state index is 0.0672. The molecule has 0 saturated carbocycles. The van der Waals surface area contributed by atoms with Crippen molar-refractivity contribution in [3.63, 3.8) is 0 Å². The second-order valence-electron chi connectivity index (χ2n) is 9.77. The Kier molecular flexibility index (Phi) is 10.6. The molecule has 1 aromatic carbocycles. The Morgan fingerprint density at radius 2 is 1.76 bits per heavy atom. The highest BCUT2D eigenvalue weighted by Crippen LogP contribution is 2.43. The van der Waals surface area contributed by atoms with E-state index in [1.807, 2.05) is 61.2 Å². The van der Waals surface area contributed by atoms with Gasteiger partial charge in [0.05, 0.1) is 11.5 Å². The van der Waals surface area contributed by atoms with E-state index in [-0.39, 0.29) is 18.9 Å². The van der Waals surface area contributed by atoms with Gasteiger partial charge in [-0.3, -0.25) is 14.6 Å². The number of allylic oxidation sites excluding steroid dienone is 2. The quantitative estimate of drug-likeness (QED) is 0.365. The molecule has 37 heavy (non-hydrogen) atoms. The van der Waals surface area contributed by atoms with Crippen LogP contribution < -0.4 is 11.1 Å². The summed E-state index contributed by atoms with van der Waals surface area (Å²) in [6.07, 6.45) is 10.2. The second-order valence-corrected chi connectivity index (χ2v) is 9.77. The van der Waals surface area contributed by atoms with Crippen LogP contribution in [0.3, 0.4) is 0 Å². The van der Waals surface area contributed by atoms with Crippen molar-refractivity contribution in [2.45, 2.75) is 52.2 Å². The first-order valence-corrected chi connectivity index (χ1v) is 13.2. The Balaban J connectivity index is 1.88. The summed E-state index contributed by atoms with van der Waals surface area (Å²) in [6.45, 7) is 6.24. The number of carbonyl (C=O) groups excluding carboxylic acids is 2. The molecule has 0 spiro atoms. The van der Waals surface area contributed by atoms with Gasteiger partial charge in [0.25, 0.3) is 0 Å². The van der Waals surface area contributed by atoms with Crippen molar-refractivity contribution in [3.8, 4) is 0 Å². The number of rotatable bonds is 14. The van der Waals surface area contributed by atoms with Crippen LogP contribution in [0.5, 0.6) is 0 Å². The number of nitrogens with one attached hydrogen (secondary N) is 1. The predicted molar refractivity (Wildman–Crippen MR) is 146 cm³/mol. The van der Waals surface area contributed by atoms with Crippen LogP contribution in [0, 0.1) is 11.3 Å². The van der Waals surface area contributed by atoms with Crippen LogP contribution in [-0.2, 0) is 22.6 Å². The second kappa shape index (κ2) is 13.9. The normalized spacial score (nSPS) is 18.6. The molecule has 3 atom stereocenters. The van der Waals surface area contributed by atoms with Gasteiger partial charge in [-0.2, -0.15) is 0 Å². The average Bonchev–Trinajstić information content (AvgIpc) is 2.92. The topological polar surface area (TPSA) is 109 Å². The predicted octanol–water partition coefficient (Wildman–Crippen LogP) is 3.40. The van der Waals surface area contributed by atoms with Crippen LogP contribution in [0.1, 0.15) is 44.2 Å². The van der Waals surface area contributed by atoms with Crippen molar-refractivity contribution in [3.05, 3.63) is 89.8 Å². The molecular formula is C30H40N4O3. The molecule has 0 fully saturated rings. The largest absolute Gasteiger partial charge is 0.391 e. The Bertz CT molecular complexity index is 1060. The Labute approximate surface area is 220 Å². The minimum atomic E-state index is -1.20. The molecule has 198 valence electrons. The number of amides is 2. The van der Waals surface area contributed by atoms with Crippen LogP contribution in [-0.4, -0.2) is 52.5 Å². The summed E-state index contributed by atoms with van der Waals surface area (Å²) >= 11 is 0. The highest BCUT2D eigenvalue weighted by Gasteiger charge is 2.47. The van der Waals surface area contributed by atoms with Crippen LogP contribution in [0.2, 0.25) is 0 Å². The number of pyridine rings is 1. The summed E-state index contributed by atoms with van der Waals surface area (Å²) in [7, 11) is 0. The molecule has 1 aliphatic rings. The van der Waals surface area contributed by atoms with E-state index in [9.17, 15) is 14.7 Å². The third-order valence-electron chi connectivity index (χ3n) is 7.04. The molecule has 0 saturated heterocycles. The molecule has 1 aliphatic carbocycles. The molecule has 2 amide bonds. The van der Waals surface area contributed by atoms with Crippen molar-refractivity contribution in [1.82, 2.24) is 15.2 Å². The SMILES string of the molecule is CCCN(CCC)C(=O)C1=CC=CC(C(N)=O)([C@H](Cc2ccccc2)[C@@H](O)CNCc2ccncc2)C1. The standard InChI is InChI=1S/C30H40N4O3/c1-3-17-34(18-4-2)28(36)25-11-8-14-30(20-25,29(31)37)26(19-23-9-6-5-7-10-23)27(35)22-33-21-24-12-15-32-16-13-24/h5-16,26-27,33,35H,3-4,17-22H2,1-2H3,(H2,31,37)/t26-,27+,30?/m1/s1. The smallest absolute Gasteiger partial charge is 0.249 e. The molecule has 7 heteroatoms. The highest BCUT2D eigenvalue weighted by molar-refractivity contribution is 5.96. The Morgan fingerprint density at radius 1 is 1.08 bits per heavy atom. The van der Waals surface area contributed by atoms with Crippen LogP contribution in [0.25, 0.3) is 0 Å². The van der Waals surface area contributed by atoms with Gasteiger partial charge >= 0.3 is 0 Å². The number of carbonyl (C=O) groups is 2. The fourth-order valence-corrected chi connectivity index (χ4v) is 5.12.